The predicted molar refractivity (Wildman–Crippen MR) is 125 cm³/mol. The quantitative estimate of drug-likeness (QED) is 0.372. The maximum atomic E-state index is 11.9. The molecule has 0 saturated carbocycles. The van der Waals surface area contributed by atoms with Crippen molar-refractivity contribution in [1.82, 2.24) is 39.5 Å². The molecule has 0 saturated heterocycles. The average Bonchev–Trinajstić information content (AvgIpc) is 3.49. The summed E-state index contributed by atoms with van der Waals surface area (Å²) < 4.78 is 9.25. The lowest BCUT2D eigenvalue weighted by atomic mass is 10.1. The Morgan fingerprint density at radius 1 is 0.941 bits per heavy atom. The number of carbonyl (C=O) groups excluding carboxylic acids is 1. The Morgan fingerprint density at radius 2 is 1.65 bits per heavy atom. The molecule has 3 aromatic heterocycles. The van der Waals surface area contributed by atoms with Crippen LogP contribution in [0.15, 0.2) is 73.1 Å². The third kappa shape index (κ3) is 4.33. The van der Waals surface area contributed by atoms with Gasteiger partial charge < -0.3 is 9.64 Å². The summed E-state index contributed by atoms with van der Waals surface area (Å²) in [4.78, 5) is 17.7. The maximum absolute atomic E-state index is 11.9. The van der Waals surface area contributed by atoms with Gasteiger partial charge in [0.05, 0.1) is 0 Å². The smallest absolute Gasteiger partial charge is 0.243 e. The fourth-order valence-corrected chi connectivity index (χ4v) is 3.40. The summed E-state index contributed by atoms with van der Waals surface area (Å²) in [6.45, 7) is 0.199. The van der Waals surface area contributed by atoms with Crippen LogP contribution in [0.1, 0.15) is 5.82 Å². The van der Waals surface area contributed by atoms with E-state index in [0.717, 1.165) is 16.7 Å². The molecule has 3 heterocycles. The minimum atomic E-state index is -0.0723. The van der Waals surface area contributed by atoms with Crippen LogP contribution < -0.4 is 4.74 Å². The first-order valence-electron chi connectivity index (χ1n) is 10.7. The Hall–Kier alpha value is -4.60. The maximum Gasteiger partial charge on any atom is 0.243 e. The van der Waals surface area contributed by atoms with Gasteiger partial charge in [0.2, 0.25) is 11.8 Å². The van der Waals surface area contributed by atoms with Crippen molar-refractivity contribution in [2.45, 2.75) is 13.2 Å². The second-order valence-electron chi connectivity index (χ2n) is 7.82. The summed E-state index contributed by atoms with van der Waals surface area (Å²) in [6.07, 6.45) is 1.52. The number of rotatable bonds is 7. The first-order chi connectivity index (χ1) is 16.6. The van der Waals surface area contributed by atoms with Gasteiger partial charge in [-0.3, -0.25) is 4.79 Å². The molecular weight excluding hydrogens is 432 g/mol. The van der Waals surface area contributed by atoms with Crippen molar-refractivity contribution in [2.75, 3.05) is 14.1 Å². The van der Waals surface area contributed by atoms with Crippen molar-refractivity contribution in [2.24, 2.45) is 0 Å². The van der Waals surface area contributed by atoms with Gasteiger partial charge in [-0.2, -0.15) is 9.61 Å². The Labute approximate surface area is 195 Å². The Morgan fingerprint density at radius 3 is 2.35 bits per heavy atom. The van der Waals surface area contributed by atoms with Crippen molar-refractivity contribution in [3.05, 3.63) is 78.9 Å². The summed E-state index contributed by atoms with van der Waals surface area (Å²) in [5, 5.41) is 17.7. The number of carbonyl (C=O) groups is 1. The standard InChI is InChI=1S/C24H22N8O2/c1-30(2)22(33)14-31-16-25-20(28-31)15-34-24-19(17-9-5-3-6-10-17)13-21-26-27-23(32(21)29-24)18-11-7-4-8-12-18/h3-13,16H,14-15H2,1-2H3. The summed E-state index contributed by atoms with van der Waals surface area (Å²) in [7, 11) is 3.40. The topological polar surface area (TPSA) is 103 Å². The van der Waals surface area contributed by atoms with Gasteiger partial charge in [-0.05, 0) is 11.6 Å². The summed E-state index contributed by atoms with van der Waals surface area (Å²) >= 11 is 0. The van der Waals surface area contributed by atoms with Gasteiger partial charge in [0.1, 0.15) is 12.9 Å². The van der Waals surface area contributed by atoms with Crippen LogP contribution in [-0.4, -0.2) is 59.5 Å². The van der Waals surface area contributed by atoms with Crippen LogP contribution in [0.4, 0.5) is 0 Å². The number of aromatic nitrogens is 7. The number of benzene rings is 2. The number of fused-ring (bicyclic) bond motifs is 1. The van der Waals surface area contributed by atoms with E-state index in [2.05, 4.69) is 20.3 Å². The third-order valence-corrected chi connectivity index (χ3v) is 5.19. The molecule has 0 atom stereocenters. The highest BCUT2D eigenvalue weighted by Crippen LogP contribution is 2.30. The van der Waals surface area contributed by atoms with E-state index in [1.54, 1.807) is 18.6 Å². The lowest BCUT2D eigenvalue weighted by Gasteiger charge is -2.11. The number of nitrogens with zero attached hydrogens (tertiary/aromatic N) is 8. The normalized spacial score (nSPS) is 11.0. The van der Waals surface area contributed by atoms with Crippen LogP contribution in [0.5, 0.6) is 5.88 Å². The molecule has 1 amide bonds. The minimum absolute atomic E-state index is 0.0723. The Balaban J connectivity index is 1.48. The van der Waals surface area contributed by atoms with E-state index in [-0.39, 0.29) is 19.1 Å². The van der Waals surface area contributed by atoms with Crippen LogP contribution in [0.25, 0.3) is 28.2 Å². The van der Waals surface area contributed by atoms with Crippen molar-refractivity contribution in [3.8, 4) is 28.4 Å². The zero-order valence-corrected chi connectivity index (χ0v) is 18.7. The molecular formula is C24H22N8O2. The fraction of sp³-hybridized carbons (Fsp3) is 0.167. The van der Waals surface area contributed by atoms with E-state index in [0.29, 0.717) is 23.2 Å². The number of hydrogen-bond donors (Lipinski definition) is 0. The molecule has 10 heteroatoms. The first-order valence-corrected chi connectivity index (χ1v) is 10.7. The monoisotopic (exact) mass is 454 g/mol. The molecule has 34 heavy (non-hydrogen) atoms. The highest BCUT2D eigenvalue weighted by Gasteiger charge is 2.17. The zero-order valence-electron chi connectivity index (χ0n) is 18.7. The second-order valence-corrected chi connectivity index (χ2v) is 7.82. The number of hydrogen-bond acceptors (Lipinski definition) is 7. The molecule has 0 aliphatic heterocycles. The number of ether oxygens (including phenoxy) is 1. The molecule has 0 aliphatic rings. The number of amides is 1. The molecule has 0 spiro atoms. The second kappa shape index (κ2) is 9.10. The van der Waals surface area contributed by atoms with Crippen LogP contribution in [0.3, 0.4) is 0 Å². The molecule has 0 radical (unpaired) electrons. The minimum Gasteiger partial charge on any atom is -0.468 e. The fourth-order valence-electron chi connectivity index (χ4n) is 3.40. The van der Waals surface area contributed by atoms with Crippen molar-refractivity contribution in [3.63, 3.8) is 0 Å². The largest absolute Gasteiger partial charge is 0.468 e. The zero-order chi connectivity index (χ0) is 23.5. The molecule has 0 bridgehead atoms. The predicted octanol–water partition coefficient (Wildman–Crippen LogP) is 2.72. The van der Waals surface area contributed by atoms with Gasteiger partial charge in [-0.1, -0.05) is 60.7 Å². The van der Waals surface area contributed by atoms with Crippen LogP contribution in [0, 0.1) is 0 Å². The van der Waals surface area contributed by atoms with E-state index in [9.17, 15) is 4.79 Å². The van der Waals surface area contributed by atoms with Gasteiger partial charge in [0.15, 0.2) is 23.9 Å². The average molecular weight is 454 g/mol. The van der Waals surface area contributed by atoms with Gasteiger partial charge in [-0.25, -0.2) is 9.67 Å². The van der Waals surface area contributed by atoms with Gasteiger partial charge in [-0.15, -0.1) is 15.3 Å². The van der Waals surface area contributed by atoms with Crippen LogP contribution in [-0.2, 0) is 17.9 Å². The van der Waals surface area contributed by atoms with Crippen molar-refractivity contribution in [1.29, 1.82) is 0 Å². The highest BCUT2D eigenvalue weighted by molar-refractivity contribution is 5.75. The third-order valence-electron chi connectivity index (χ3n) is 5.19. The molecule has 10 nitrogen and oxygen atoms in total. The molecule has 170 valence electrons. The highest BCUT2D eigenvalue weighted by atomic mass is 16.5. The van der Waals surface area contributed by atoms with Gasteiger partial charge in [0, 0.05) is 25.2 Å². The Kier molecular flexibility index (Phi) is 5.69. The van der Waals surface area contributed by atoms with E-state index < -0.39 is 0 Å². The van der Waals surface area contributed by atoms with E-state index >= 15 is 0 Å². The lowest BCUT2D eigenvalue weighted by Crippen LogP contribution is -2.26. The van der Waals surface area contributed by atoms with E-state index in [1.165, 1.54) is 15.9 Å². The molecule has 5 rings (SSSR count). The van der Waals surface area contributed by atoms with Crippen molar-refractivity contribution >= 4 is 11.6 Å². The molecule has 0 fully saturated rings. The number of likely N-dealkylation sites (N-methyl/N-ethyl adjacent to an activating group) is 1. The Bertz CT molecular complexity index is 1430. The van der Waals surface area contributed by atoms with E-state index in [1.807, 2.05) is 66.7 Å². The van der Waals surface area contributed by atoms with Crippen molar-refractivity contribution < 1.29 is 9.53 Å². The van der Waals surface area contributed by atoms with E-state index in [4.69, 9.17) is 9.84 Å². The molecule has 0 N–H and O–H groups in total. The summed E-state index contributed by atoms with van der Waals surface area (Å²) in [5.74, 6) is 1.39. The van der Waals surface area contributed by atoms with Gasteiger partial charge in [0.25, 0.3) is 0 Å². The molecule has 0 unspecified atom stereocenters. The van der Waals surface area contributed by atoms with Crippen LogP contribution >= 0.6 is 0 Å². The van der Waals surface area contributed by atoms with Gasteiger partial charge >= 0.3 is 0 Å². The van der Waals surface area contributed by atoms with Crippen LogP contribution in [0.2, 0.25) is 0 Å². The lowest BCUT2D eigenvalue weighted by molar-refractivity contribution is -0.129. The molecule has 2 aromatic carbocycles. The molecule has 0 aliphatic carbocycles. The SMILES string of the molecule is CN(C)C(=O)Cn1cnc(COc2nn3c(-c4ccccc4)nnc3cc2-c2ccccc2)n1. The summed E-state index contributed by atoms with van der Waals surface area (Å²) in [5.41, 5.74) is 3.22. The first kappa shape index (κ1) is 21.3. The summed E-state index contributed by atoms with van der Waals surface area (Å²) in [6, 6.07) is 21.4. The molecule has 5 aromatic rings.